The Morgan fingerprint density at radius 3 is 2.14 bits per heavy atom. The van der Waals surface area contributed by atoms with Gasteiger partial charge in [0.1, 0.15) is 5.75 Å². The zero-order valence-corrected chi connectivity index (χ0v) is 11.9. The molecule has 0 amide bonds. The average molecular weight is 324 g/mol. The molecule has 1 heterocycles. The average Bonchev–Trinajstić information content (AvgIpc) is 2.38. The number of sulfonamides is 1. The minimum atomic E-state index is -4.80. The van der Waals surface area contributed by atoms with Gasteiger partial charge in [0.05, 0.1) is 4.90 Å². The number of hydrogen-bond donors (Lipinski definition) is 1. The molecule has 1 N–H and O–H groups in total. The van der Waals surface area contributed by atoms with Crippen molar-refractivity contribution in [2.45, 2.75) is 30.5 Å². The molecule has 1 aromatic rings. The summed E-state index contributed by atoms with van der Waals surface area (Å²) >= 11 is 0. The van der Waals surface area contributed by atoms with E-state index >= 15 is 0 Å². The van der Waals surface area contributed by atoms with Gasteiger partial charge in [-0.05, 0) is 37.1 Å². The largest absolute Gasteiger partial charge is 0.573 e. The van der Waals surface area contributed by atoms with Gasteiger partial charge in [-0.3, -0.25) is 0 Å². The van der Waals surface area contributed by atoms with Crippen LogP contribution >= 0.6 is 0 Å². The van der Waals surface area contributed by atoms with Gasteiger partial charge in [0.2, 0.25) is 0 Å². The third kappa shape index (κ3) is 4.87. The molecule has 0 unspecified atom stereocenters. The second-order valence-corrected chi connectivity index (χ2v) is 6.32. The zero-order valence-electron chi connectivity index (χ0n) is 11.1. The van der Waals surface area contributed by atoms with Crippen LogP contribution in [-0.4, -0.2) is 32.9 Å². The van der Waals surface area contributed by atoms with E-state index in [1.165, 1.54) is 0 Å². The van der Waals surface area contributed by atoms with Crippen LogP contribution < -0.4 is 9.57 Å². The fourth-order valence-electron chi connectivity index (χ4n) is 2.03. The molecule has 0 aromatic heterocycles. The van der Waals surface area contributed by atoms with Crippen molar-refractivity contribution in [1.29, 1.82) is 0 Å². The lowest BCUT2D eigenvalue weighted by atomic mass is 10.2. The van der Waals surface area contributed by atoms with Crippen molar-refractivity contribution in [3.8, 4) is 5.75 Å². The van der Waals surface area contributed by atoms with Crippen molar-refractivity contribution in [1.82, 2.24) is 9.84 Å². The molecule has 5 nitrogen and oxygen atoms in total. The smallest absolute Gasteiger partial charge is 0.406 e. The summed E-state index contributed by atoms with van der Waals surface area (Å²) in [5.74, 6) is -0.459. The first kappa shape index (κ1) is 16.1. The van der Waals surface area contributed by atoms with Crippen molar-refractivity contribution in [2.75, 3.05) is 13.1 Å². The zero-order chi connectivity index (χ0) is 15.5. The summed E-state index contributed by atoms with van der Waals surface area (Å²) in [5.41, 5.74) is 0. The second-order valence-electron chi connectivity index (χ2n) is 4.66. The summed E-state index contributed by atoms with van der Waals surface area (Å²) < 4.78 is 63.9. The number of nitrogens with zero attached hydrogens (tertiary/aromatic N) is 1. The van der Waals surface area contributed by atoms with Crippen molar-refractivity contribution < 1.29 is 26.3 Å². The standard InChI is InChI=1S/C12H15F3N2O3S/c13-12(14,15)20-10-4-6-11(7-5-10)21(18,19)16-17-8-2-1-3-9-17/h4-7,16H,1-3,8-9H2. The van der Waals surface area contributed by atoms with Gasteiger partial charge in [-0.15, -0.1) is 18.0 Å². The Kier molecular flexibility index (Phi) is 4.74. The molecular formula is C12H15F3N2O3S. The van der Waals surface area contributed by atoms with Gasteiger partial charge in [0.15, 0.2) is 0 Å². The minimum Gasteiger partial charge on any atom is -0.406 e. The van der Waals surface area contributed by atoms with Crippen LogP contribution in [0.5, 0.6) is 5.75 Å². The van der Waals surface area contributed by atoms with Gasteiger partial charge in [-0.1, -0.05) is 6.42 Å². The predicted octanol–water partition coefficient (Wildman–Crippen LogP) is 2.26. The third-order valence-corrected chi connectivity index (χ3v) is 4.36. The first-order chi connectivity index (χ1) is 9.76. The molecule has 1 aliphatic heterocycles. The number of halogens is 3. The molecule has 0 radical (unpaired) electrons. The number of hydrazine groups is 1. The SMILES string of the molecule is O=S(=O)(NN1CCCCC1)c1ccc(OC(F)(F)F)cc1. The maximum atomic E-state index is 12.1. The van der Waals surface area contributed by atoms with Crippen LogP contribution in [0.1, 0.15) is 19.3 Å². The molecule has 1 aromatic carbocycles. The Bertz CT molecular complexity index is 566. The number of alkyl halides is 3. The van der Waals surface area contributed by atoms with Crippen LogP contribution in [0, 0.1) is 0 Å². The lowest BCUT2D eigenvalue weighted by Crippen LogP contribution is -2.44. The molecule has 1 saturated heterocycles. The molecule has 118 valence electrons. The first-order valence-corrected chi connectivity index (χ1v) is 7.88. The topological polar surface area (TPSA) is 58.6 Å². The van der Waals surface area contributed by atoms with Gasteiger partial charge in [-0.25, -0.2) is 13.4 Å². The van der Waals surface area contributed by atoms with Crippen LogP contribution in [0.3, 0.4) is 0 Å². The van der Waals surface area contributed by atoms with Crippen LogP contribution in [0.15, 0.2) is 29.2 Å². The summed E-state index contributed by atoms with van der Waals surface area (Å²) in [7, 11) is -3.78. The maximum absolute atomic E-state index is 12.1. The van der Waals surface area contributed by atoms with Gasteiger partial charge >= 0.3 is 6.36 Å². The maximum Gasteiger partial charge on any atom is 0.573 e. The molecule has 1 aliphatic rings. The Balaban J connectivity index is 2.06. The third-order valence-electron chi connectivity index (χ3n) is 2.97. The molecule has 0 saturated carbocycles. The van der Waals surface area contributed by atoms with E-state index in [9.17, 15) is 21.6 Å². The molecular weight excluding hydrogens is 309 g/mol. The fourth-order valence-corrected chi connectivity index (χ4v) is 3.15. The van der Waals surface area contributed by atoms with E-state index in [4.69, 9.17) is 0 Å². The lowest BCUT2D eigenvalue weighted by molar-refractivity contribution is -0.274. The fraction of sp³-hybridized carbons (Fsp3) is 0.500. The normalized spacial score (nSPS) is 17.7. The number of rotatable bonds is 4. The summed E-state index contributed by atoms with van der Waals surface area (Å²) in [6.45, 7) is 1.24. The van der Waals surface area contributed by atoms with E-state index < -0.39 is 22.1 Å². The molecule has 21 heavy (non-hydrogen) atoms. The number of hydrogen-bond acceptors (Lipinski definition) is 4. The van der Waals surface area contributed by atoms with E-state index in [0.29, 0.717) is 13.1 Å². The predicted molar refractivity (Wildman–Crippen MR) is 68.9 cm³/mol. The Labute approximate surface area is 120 Å². The number of benzene rings is 1. The molecule has 0 atom stereocenters. The molecule has 0 bridgehead atoms. The Hall–Kier alpha value is -1.32. The Morgan fingerprint density at radius 1 is 1.05 bits per heavy atom. The summed E-state index contributed by atoms with van der Waals surface area (Å²) in [5, 5.41) is 1.60. The summed E-state index contributed by atoms with van der Waals surface area (Å²) in [6.07, 6.45) is -1.93. The molecule has 9 heteroatoms. The second kappa shape index (κ2) is 6.20. The monoisotopic (exact) mass is 324 g/mol. The van der Waals surface area contributed by atoms with Crippen LogP contribution in [0.2, 0.25) is 0 Å². The van der Waals surface area contributed by atoms with E-state index in [2.05, 4.69) is 9.57 Å². The highest BCUT2D eigenvalue weighted by Crippen LogP contribution is 2.24. The molecule has 0 spiro atoms. The van der Waals surface area contributed by atoms with Gasteiger partial charge in [0.25, 0.3) is 10.0 Å². The van der Waals surface area contributed by atoms with Gasteiger partial charge in [-0.2, -0.15) is 0 Å². The van der Waals surface area contributed by atoms with Gasteiger partial charge in [0, 0.05) is 13.1 Å². The van der Waals surface area contributed by atoms with Gasteiger partial charge < -0.3 is 4.74 Å². The van der Waals surface area contributed by atoms with Crippen LogP contribution in [0.4, 0.5) is 13.2 Å². The van der Waals surface area contributed by atoms with E-state index in [1.54, 1.807) is 5.01 Å². The van der Waals surface area contributed by atoms with Crippen LogP contribution in [0.25, 0.3) is 0 Å². The summed E-state index contributed by atoms with van der Waals surface area (Å²) in [6, 6.07) is 4.09. The highest BCUT2D eigenvalue weighted by Gasteiger charge is 2.31. The van der Waals surface area contributed by atoms with E-state index in [1.807, 2.05) is 0 Å². The molecule has 0 aliphatic carbocycles. The number of nitrogens with one attached hydrogen (secondary N) is 1. The van der Waals surface area contributed by atoms with E-state index in [-0.39, 0.29) is 4.90 Å². The van der Waals surface area contributed by atoms with Crippen molar-refractivity contribution in [2.24, 2.45) is 0 Å². The summed E-state index contributed by atoms with van der Waals surface area (Å²) in [4.78, 5) is 2.31. The van der Waals surface area contributed by atoms with Crippen LogP contribution in [-0.2, 0) is 10.0 Å². The number of piperidine rings is 1. The Morgan fingerprint density at radius 2 is 1.62 bits per heavy atom. The first-order valence-electron chi connectivity index (χ1n) is 6.39. The van der Waals surface area contributed by atoms with Crippen molar-refractivity contribution in [3.63, 3.8) is 0 Å². The quantitative estimate of drug-likeness (QED) is 0.923. The minimum absolute atomic E-state index is 0.109. The number of ether oxygens (including phenoxy) is 1. The van der Waals surface area contributed by atoms with Crippen molar-refractivity contribution >= 4 is 10.0 Å². The highest BCUT2D eigenvalue weighted by atomic mass is 32.2. The lowest BCUT2D eigenvalue weighted by Gasteiger charge is -2.26. The van der Waals surface area contributed by atoms with E-state index in [0.717, 1.165) is 43.5 Å². The highest BCUT2D eigenvalue weighted by molar-refractivity contribution is 7.89. The molecule has 1 fully saturated rings. The molecule has 2 rings (SSSR count). The van der Waals surface area contributed by atoms with Crippen molar-refractivity contribution in [3.05, 3.63) is 24.3 Å².